The van der Waals surface area contributed by atoms with E-state index in [4.69, 9.17) is 9.47 Å². The number of esters is 1. The zero-order valence-corrected chi connectivity index (χ0v) is 10.6. The van der Waals surface area contributed by atoms with Crippen LogP contribution in [0.3, 0.4) is 0 Å². The number of hydrogen-bond donors (Lipinski definition) is 0. The minimum Gasteiger partial charge on any atom is -0.467 e. The van der Waals surface area contributed by atoms with Crippen molar-refractivity contribution >= 4 is 17.3 Å². The van der Waals surface area contributed by atoms with E-state index in [9.17, 15) is 4.79 Å². The maximum absolute atomic E-state index is 12.1. The van der Waals surface area contributed by atoms with Crippen molar-refractivity contribution in [2.75, 3.05) is 7.11 Å². The number of carbonyl (C=O) groups is 1. The van der Waals surface area contributed by atoms with E-state index in [1.807, 2.05) is 47.8 Å². The van der Waals surface area contributed by atoms with Crippen LogP contribution in [0.25, 0.3) is 0 Å². The first-order chi connectivity index (χ1) is 8.79. The van der Waals surface area contributed by atoms with Crippen molar-refractivity contribution in [1.29, 1.82) is 0 Å². The van der Waals surface area contributed by atoms with Crippen molar-refractivity contribution in [1.82, 2.24) is 0 Å². The minimum absolute atomic E-state index is 0.229. The lowest BCUT2D eigenvalue weighted by atomic mass is 9.94. The number of carbonyl (C=O) groups excluding carboxylic acids is 1. The van der Waals surface area contributed by atoms with Gasteiger partial charge in [-0.15, -0.1) is 11.3 Å². The summed E-state index contributed by atoms with van der Waals surface area (Å²) in [4.78, 5) is 13.1. The van der Waals surface area contributed by atoms with Gasteiger partial charge < -0.3 is 9.47 Å². The van der Waals surface area contributed by atoms with Crippen molar-refractivity contribution < 1.29 is 14.3 Å². The summed E-state index contributed by atoms with van der Waals surface area (Å²) in [6.07, 6.45) is -0.229. The maximum Gasteiger partial charge on any atom is 0.346 e. The minimum atomic E-state index is -0.957. The lowest BCUT2D eigenvalue weighted by Gasteiger charge is -2.10. The van der Waals surface area contributed by atoms with Crippen LogP contribution in [0.15, 0.2) is 47.8 Å². The molecule has 3 nitrogen and oxygen atoms in total. The van der Waals surface area contributed by atoms with Crippen LogP contribution in [0.1, 0.15) is 16.5 Å². The molecular formula is C14H12O3S. The molecule has 0 radical (unpaired) electrons. The van der Waals surface area contributed by atoms with Crippen LogP contribution in [-0.2, 0) is 19.9 Å². The van der Waals surface area contributed by atoms with Gasteiger partial charge in [0.1, 0.15) is 6.10 Å². The van der Waals surface area contributed by atoms with E-state index in [0.717, 1.165) is 10.4 Å². The fourth-order valence-corrected chi connectivity index (χ4v) is 2.99. The molecule has 18 heavy (non-hydrogen) atoms. The van der Waals surface area contributed by atoms with Crippen molar-refractivity contribution in [3.05, 3.63) is 58.3 Å². The van der Waals surface area contributed by atoms with Gasteiger partial charge in [0.15, 0.2) is 0 Å². The predicted molar refractivity (Wildman–Crippen MR) is 68.3 cm³/mol. The van der Waals surface area contributed by atoms with Gasteiger partial charge in [-0.2, -0.15) is 0 Å². The fourth-order valence-electron chi connectivity index (χ4n) is 2.18. The van der Waals surface area contributed by atoms with Gasteiger partial charge in [-0.1, -0.05) is 36.4 Å². The molecule has 92 valence electrons. The molecule has 4 heteroatoms. The third-order valence-electron chi connectivity index (χ3n) is 3.11. The Labute approximate surface area is 109 Å². The molecule has 2 atom stereocenters. The highest BCUT2D eigenvalue weighted by molar-refractivity contribution is 7.10. The smallest absolute Gasteiger partial charge is 0.346 e. The van der Waals surface area contributed by atoms with Gasteiger partial charge in [0, 0.05) is 4.88 Å². The van der Waals surface area contributed by atoms with E-state index in [1.54, 1.807) is 11.3 Å². The molecule has 3 rings (SSSR count). The van der Waals surface area contributed by atoms with Gasteiger partial charge in [-0.3, -0.25) is 0 Å². The van der Waals surface area contributed by atoms with Crippen LogP contribution >= 0.6 is 11.3 Å². The Kier molecular flexibility index (Phi) is 2.69. The van der Waals surface area contributed by atoms with Gasteiger partial charge in [-0.25, -0.2) is 4.79 Å². The van der Waals surface area contributed by atoms with Crippen LogP contribution in [0.5, 0.6) is 0 Å². The van der Waals surface area contributed by atoms with E-state index in [0.29, 0.717) is 0 Å². The summed E-state index contributed by atoms with van der Waals surface area (Å²) in [5.74, 6) is -0.341. The molecule has 1 fully saturated rings. The Hall–Kier alpha value is -1.65. The average Bonchev–Trinajstić information content (AvgIpc) is 2.96. The van der Waals surface area contributed by atoms with Crippen molar-refractivity contribution in [2.45, 2.75) is 11.7 Å². The predicted octanol–water partition coefficient (Wildman–Crippen LogP) is 2.89. The topological polar surface area (TPSA) is 38.8 Å². The Morgan fingerprint density at radius 2 is 2.06 bits per heavy atom. The van der Waals surface area contributed by atoms with Crippen LogP contribution in [0, 0.1) is 0 Å². The van der Waals surface area contributed by atoms with Gasteiger partial charge >= 0.3 is 5.97 Å². The highest BCUT2D eigenvalue weighted by atomic mass is 32.1. The highest BCUT2D eigenvalue weighted by Gasteiger charge is 2.66. The zero-order valence-electron chi connectivity index (χ0n) is 9.83. The van der Waals surface area contributed by atoms with Crippen molar-refractivity contribution in [3.8, 4) is 0 Å². The third kappa shape index (κ3) is 1.57. The van der Waals surface area contributed by atoms with Crippen LogP contribution in [-0.4, -0.2) is 13.1 Å². The molecule has 0 aliphatic carbocycles. The van der Waals surface area contributed by atoms with Crippen molar-refractivity contribution in [2.24, 2.45) is 0 Å². The largest absolute Gasteiger partial charge is 0.467 e. The molecule has 0 amide bonds. The Balaban J connectivity index is 2.01. The van der Waals surface area contributed by atoms with E-state index in [2.05, 4.69) is 0 Å². The molecule has 0 unspecified atom stereocenters. The first-order valence-corrected chi connectivity index (χ1v) is 6.52. The molecule has 2 heterocycles. The van der Waals surface area contributed by atoms with Gasteiger partial charge in [-0.05, 0) is 17.0 Å². The second-order valence-electron chi connectivity index (χ2n) is 4.11. The number of ether oxygens (including phenoxy) is 2. The molecule has 1 saturated heterocycles. The first-order valence-electron chi connectivity index (χ1n) is 5.64. The van der Waals surface area contributed by atoms with E-state index >= 15 is 0 Å². The molecule has 0 saturated carbocycles. The Morgan fingerprint density at radius 3 is 2.67 bits per heavy atom. The molecule has 0 spiro atoms. The molecule has 1 aliphatic heterocycles. The standard InChI is InChI=1S/C14H12O3S/c1-16-13(15)14(10-6-3-2-4-7-10)12(17-14)11-8-5-9-18-11/h2-9,12H,1H3/t12-,14-/m1/s1. The summed E-state index contributed by atoms with van der Waals surface area (Å²) in [7, 11) is 1.39. The first kappa shape index (κ1) is 11.4. The number of epoxide rings is 1. The summed E-state index contributed by atoms with van der Waals surface area (Å²) >= 11 is 1.59. The lowest BCUT2D eigenvalue weighted by molar-refractivity contribution is -0.147. The van der Waals surface area contributed by atoms with Crippen molar-refractivity contribution in [3.63, 3.8) is 0 Å². The molecule has 1 aromatic heterocycles. The quantitative estimate of drug-likeness (QED) is 0.629. The highest BCUT2D eigenvalue weighted by Crippen LogP contribution is 2.58. The summed E-state index contributed by atoms with van der Waals surface area (Å²) < 4.78 is 10.6. The number of thiophene rings is 1. The normalized spacial score (nSPS) is 25.7. The summed E-state index contributed by atoms with van der Waals surface area (Å²) in [6, 6.07) is 13.4. The second kappa shape index (κ2) is 4.23. The van der Waals surface area contributed by atoms with Gasteiger partial charge in [0.05, 0.1) is 7.11 Å². The molecule has 1 aliphatic rings. The van der Waals surface area contributed by atoms with Gasteiger partial charge in [0.25, 0.3) is 0 Å². The summed E-state index contributed by atoms with van der Waals surface area (Å²) in [5.41, 5.74) is -0.115. The van der Waals surface area contributed by atoms with Crippen LogP contribution < -0.4 is 0 Å². The summed E-state index contributed by atoms with van der Waals surface area (Å²) in [6.45, 7) is 0. The summed E-state index contributed by atoms with van der Waals surface area (Å²) in [5, 5.41) is 1.98. The SMILES string of the molecule is COC(=O)[C@]1(c2ccccc2)O[C@@H]1c1cccs1. The monoisotopic (exact) mass is 260 g/mol. The molecule has 0 bridgehead atoms. The van der Waals surface area contributed by atoms with E-state index in [1.165, 1.54) is 7.11 Å². The molecule has 1 aromatic carbocycles. The Bertz CT molecular complexity index is 550. The zero-order chi connectivity index (χ0) is 12.6. The Morgan fingerprint density at radius 1 is 1.28 bits per heavy atom. The van der Waals surface area contributed by atoms with Crippen LogP contribution in [0.4, 0.5) is 0 Å². The third-order valence-corrected chi connectivity index (χ3v) is 4.02. The molecule has 2 aromatic rings. The number of hydrogen-bond acceptors (Lipinski definition) is 4. The molecule has 0 N–H and O–H groups in total. The number of benzene rings is 1. The molecular weight excluding hydrogens is 248 g/mol. The van der Waals surface area contributed by atoms with E-state index < -0.39 is 5.60 Å². The average molecular weight is 260 g/mol. The maximum atomic E-state index is 12.1. The lowest BCUT2D eigenvalue weighted by Crippen LogP contribution is -2.24. The van der Waals surface area contributed by atoms with Crippen LogP contribution in [0.2, 0.25) is 0 Å². The fraction of sp³-hybridized carbons (Fsp3) is 0.214. The number of rotatable bonds is 3. The van der Waals surface area contributed by atoms with E-state index in [-0.39, 0.29) is 12.1 Å². The number of methoxy groups -OCH3 is 1. The second-order valence-corrected chi connectivity index (χ2v) is 5.09. The van der Waals surface area contributed by atoms with Gasteiger partial charge in [0.2, 0.25) is 5.60 Å².